The van der Waals surface area contributed by atoms with Crippen molar-refractivity contribution in [3.63, 3.8) is 0 Å². The van der Waals surface area contributed by atoms with Gasteiger partial charge in [-0.25, -0.2) is 4.79 Å². The van der Waals surface area contributed by atoms with Gasteiger partial charge in [0.2, 0.25) is 0 Å². The van der Waals surface area contributed by atoms with Gasteiger partial charge in [0.05, 0.1) is 17.7 Å². The highest BCUT2D eigenvalue weighted by Gasteiger charge is 2.20. The number of thioether (sulfide) groups is 1. The first kappa shape index (κ1) is 13.1. The average Bonchev–Trinajstić information content (AvgIpc) is 2.86. The van der Waals surface area contributed by atoms with Crippen molar-refractivity contribution in [2.24, 2.45) is 0 Å². The van der Waals surface area contributed by atoms with Crippen molar-refractivity contribution in [2.75, 3.05) is 12.9 Å². The van der Waals surface area contributed by atoms with Gasteiger partial charge < -0.3 is 9.14 Å². The first-order valence-electron chi connectivity index (χ1n) is 6.49. The van der Waals surface area contributed by atoms with Gasteiger partial charge in [-0.2, -0.15) is 0 Å². The number of rotatable bonds is 3. The highest BCUT2D eigenvalue weighted by molar-refractivity contribution is 7.98. The molecule has 4 heteroatoms. The zero-order chi connectivity index (χ0) is 14.1. The second-order valence-corrected chi connectivity index (χ2v) is 5.30. The summed E-state index contributed by atoms with van der Waals surface area (Å²) in [7, 11) is 0. The predicted molar refractivity (Wildman–Crippen MR) is 82.6 cm³/mol. The number of esters is 1. The number of aromatic nitrogens is 1. The molecular formula is C16H15NO2S. The Labute approximate surface area is 121 Å². The van der Waals surface area contributed by atoms with Gasteiger partial charge in [-0.05, 0) is 24.6 Å². The third kappa shape index (κ3) is 1.96. The molecule has 102 valence electrons. The monoisotopic (exact) mass is 285 g/mol. The first-order valence-corrected chi connectivity index (χ1v) is 7.72. The van der Waals surface area contributed by atoms with Crippen LogP contribution in [0.15, 0.2) is 47.6 Å². The smallest absolute Gasteiger partial charge is 0.341 e. The van der Waals surface area contributed by atoms with Crippen molar-refractivity contribution >= 4 is 34.0 Å². The summed E-state index contributed by atoms with van der Waals surface area (Å²) in [6.45, 7) is 2.21. The summed E-state index contributed by atoms with van der Waals surface area (Å²) in [5, 5.41) is 2.19. The summed E-state index contributed by atoms with van der Waals surface area (Å²) in [5.41, 5.74) is 1.59. The zero-order valence-corrected chi connectivity index (χ0v) is 12.2. The molecule has 0 N–H and O–H groups in total. The lowest BCUT2D eigenvalue weighted by atomic mass is 10.1. The fraction of sp³-hybridized carbons (Fsp3) is 0.188. The van der Waals surface area contributed by atoms with E-state index in [1.165, 1.54) is 0 Å². The largest absolute Gasteiger partial charge is 0.462 e. The van der Waals surface area contributed by atoms with E-state index in [1.807, 2.05) is 48.2 Å². The van der Waals surface area contributed by atoms with Crippen molar-refractivity contribution < 1.29 is 9.53 Å². The normalized spacial score (nSPS) is 11.1. The van der Waals surface area contributed by atoms with Gasteiger partial charge in [0.1, 0.15) is 0 Å². The van der Waals surface area contributed by atoms with Crippen LogP contribution in [0.1, 0.15) is 17.3 Å². The van der Waals surface area contributed by atoms with Crippen molar-refractivity contribution in [3.8, 4) is 0 Å². The Morgan fingerprint density at radius 3 is 2.85 bits per heavy atom. The van der Waals surface area contributed by atoms with E-state index in [0.29, 0.717) is 12.2 Å². The zero-order valence-electron chi connectivity index (χ0n) is 11.4. The Hall–Kier alpha value is -1.94. The lowest BCUT2D eigenvalue weighted by Gasteiger charge is -2.05. The summed E-state index contributed by atoms with van der Waals surface area (Å²) in [6.07, 6.45) is 5.94. The predicted octanol–water partition coefficient (Wildman–Crippen LogP) is 3.99. The molecule has 0 bridgehead atoms. The van der Waals surface area contributed by atoms with Gasteiger partial charge in [-0.1, -0.05) is 24.3 Å². The van der Waals surface area contributed by atoms with Crippen molar-refractivity contribution in [2.45, 2.75) is 11.8 Å². The summed E-state index contributed by atoms with van der Waals surface area (Å²) in [4.78, 5) is 13.2. The summed E-state index contributed by atoms with van der Waals surface area (Å²) in [5.74, 6) is -0.254. The van der Waals surface area contributed by atoms with Gasteiger partial charge in [0.15, 0.2) is 0 Å². The molecule has 0 spiro atoms. The van der Waals surface area contributed by atoms with E-state index in [2.05, 4.69) is 12.1 Å². The molecule has 3 aromatic rings. The van der Waals surface area contributed by atoms with Crippen LogP contribution >= 0.6 is 11.8 Å². The molecule has 2 aromatic heterocycles. The molecule has 0 aliphatic carbocycles. The highest BCUT2D eigenvalue weighted by atomic mass is 32.2. The van der Waals surface area contributed by atoms with Crippen LogP contribution in [0.2, 0.25) is 0 Å². The van der Waals surface area contributed by atoms with E-state index >= 15 is 0 Å². The van der Waals surface area contributed by atoms with Crippen LogP contribution < -0.4 is 0 Å². The molecule has 0 radical (unpaired) electrons. The number of fused-ring (bicyclic) bond motifs is 3. The van der Waals surface area contributed by atoms with E-state index < -0.39 is 0 Å². The Morgan fingerprint density at radius 1 is 1.30 bits per heavy atom. The molecule has 0 aliphatic rings. The van der Waals surface area contributed by atoms with Crippen LogP contribution in [0, 0.1) is 0 Å². The van der Waals surface area contributed by atoms with E-state index in [0.717, 1.165) is 21.2 Å². The third-order valence-corrected chi connectivity index (χ3v) is 4.08. The number of pyridine rings is 1. The van der Waals surface area contributed by atoms with Crippen molar-refractivity contribution in [1.29, 1.82) is 0 Å². The van der Waals surface area contributed by atoms with Gasteiger partial charge in [0.25, 0.3) is 0 Å². The molecule has 0 fully saturated rings. The maximum Gasteiger partial charge on any atom is 0.341 e. The number of carbonyl (C=O) groups excluding carboxylic acids is 1. The van der Waals surface area contributed by atoms with Crippen LogP contribution in [-0.4, -0.2) is 23.2 Å². The number of hydrogen-bond acceptors (Lipinski definition) is 3. The summed E-state index contributed by atoms with van der Waals surface area (Å²) >= 11 is 1.56. The van der Waals surface area contributed by atoms with Gasteiger partial charge in [-0.15, -0.1) is 11.8 Å². The average molecular weight is 285 g/mol. The molecule has 3 rings (SSSR count). The third-order valence-electron chi connectivity index (χ3n) is 3.33. The maximum absolute atomic E-state index is 12.3. The van der Waals surface area contributed by atoms with Gasteiger partial charge in [-0.3, -0.25) is 0 Å². The Balaban J connectivity index is 2.40. The fourth-order valence-corrected chi connectivity index (χ4v) is 3.07. The lowest BCUT2D eigenvalue weighted by Crippen LogP contribution is -2.05. The number of hydrogen-bond donors (Lipinski definition) is 0. The number of nitrogens with zero attached hydrogens (tertiary/aromatic N) is 1. The molecule has 0 saturated carbocycles. The van der Waals surface area contributed by atoms with Crippen LogP contribution in [0.25, 0.3) is 16.3 Å². The summed E-state index contributed by atoms with van der Waals surface area (Å²) < 4.78 is 7.22. The van der Waals surface area contributed by atoms with Crippen molar-refractivity contribution in [3.05, 3.63) is 48.3 Å². The minimum Gasteiger partial charge on any atom is -0.462 e. The molecular weight excluding hydrogens is 270 g/mol. The van der Waals surface area contributed by atoms with Crippen LogP contribution in [0.3, 0.4) is 0 Å². The van der Waals surface area contributed by atoms with Crippen LogP contribution in [-0.2, 0) is 4.74 Å². The highest BCUT2D eigenvalue weighted by Crippen LogP contribution is 2.31. The molecule has 0 saturated heterocycles. The van der Waals surface area contributed by atoms with Crippen LogP contribution in [0.4, 0.5) is 0 Å². The molecule has 0 aliphatic heterocycles. The molecule has 1 aromatic carbocycles. The summed E-state index contributed by atoms with van der Waals surface area (Å²) in [6, 6.07) is 10.1. The fourth-order valence-electron chi connectivity index (χ4n) is 2.47. The molecule has 0 unspecified atom stereocenters. The Morgan fingerprint density at radius 2 is 2.10 bits per heavy atom. The maximum atomic E-state index is 12.3. The van der Waals surface area contributed by atoms with Crippen molar-refractivity contribution in [1.82, 2.24) is 4.40 Å². The number of carbonyl (C=O) groups is 1. The topological polar surface area (TPSA) is 30.7 Å². The first-order chi connectivity index (χ1) is 9.76. The van der Waals surface area contributed by atoms with Gasteiger partial charge >= 0.3 is 5.97 Å². The Kier molecular flexibility index (Phi) is 3.40. The second-order valence-electron chi connectivity index (χ2n) is 4.45. The number of benzene rings is 1. The van der Waals surface area contributed by atoms with E-state index in [1.54, 1.807) is 11.8 Å². The van der Waals surface area contributed by atoms with Gasteiger partial charge in [0, 0.05) is 22.7 Å². The van der Waals surface area contributed by atoms with E-state index in [-0.39, 0.29) is 5.97 Å². The molecule has 3 nitrogen and oxygen atoms in total. The van der Waals surface area contributed by atoms with Crippen LogP contribution in [0.5, 0.6) is 0 Å². The Bertz CT molecular complexity index is 792. The SMILES string of the molecule is CCOC(=O)c1c(SC)cn2ccc3ccccc3c12. The lowest BCUT2D eigenvalue weighted by molar-refractivity contribution is 0.0525. The molecule has 0 atom stereocenters. The quantitative estimate of drug-likeness (QED) is 0.538. The molecule has 0 amide bonds. The standard InChI is InChI=1S/C16H15NO2S/c1-3-19-16(18)14-13(20-2)10-17-9-8-11-6-4-5-7-12(11)15(14)17/h4-10H,3H2,1-2H3. The second kappa shape index (κ2) is 5.21. The molecule has 20 heavy (non-hydrogen) atoms. The minimum absolute atomic E-state index is 0.254. The van der Waals surface area contributed by atoms with E-state index in [9.17, 15) is 4.79 Å². The minimum atomic E-state index is -0.254. The molecule has 2 heterocycles. The van der Waals surface area contributed by atoms with E-state index in [4.69, 9.17) is 4.74 Å². The number of ether oxygens (including phenoxy) is 1.